The van der Waals surface area contributed by atoms with E-state index in [2.05, 4.69) is 5.32 Å². The zero-order valence-electron chi connectivity index (χ0n) is 19.0. The van der Waals surface area contributed by atoms with E-state index in [1.807, 2.05) is 97.9 Å². The normalized spacial score (nSPS) is 11.8. The molecule has 6 nitrogen and oxygen atoms in total. The lowest BCUT2D eigenvalue weighted by molar-refractivity contribution is 0.0932. The molecule has 34 heavy (non-hydrogen) atoms. The maximum Gasteiger partial charge on any atom is 0.270 e. The lowest BCUT2D eigenvalue weighted by Crippen LogP contribution is -2.28. The summed E-state index contributed by atoms with van der Waals surface area (Å²) in [6.07, 6.45) is 0. The van der Waals surface area contributed by atoms with Gasteiger partial charge in [-0.1, -0.05) is 72.8 Å². The van der Waals surface area contributed by atoms with E-state index in [0.29, 0.717) is 17.0 Å². The van der Waals surface area contributed by atoms with Crippen molar-refractivity contribution in [3.8, 4) is 28.3 Å². The summed E-state index contributed by atoms with van der Waals surface area (Å²) in [7, 11) is 1.63. The highest BCUT2D eigenvalue weighted by molar-refractivity contribution is 5.94. The van der Waals surface area contributed by atoms with Crippen molar-refractivity contribution in [2.75, 3.05) is 7.11 Å². The first-order valence-corrected chi connectivity index (χ1v) is 11.1. The molecular weight excluding hydrogens is 424 g/mol. The Morgan fingerprint density at radius 1 is 0.853 bits per heavy atom. The van der Waals surface area contributed by atoms with Gasteiger partial charge in [-0.05, 0) is 30.7 Å². The maximum absolute atomic E-state index is 13.5. The summed E-state index contributed by atoms with van der Waals surface area (Å²) in [6, 6.07) is 30.9. The molecule has 0 aliphatic heterocycles. The van der Waals surface area contributed by atoms with Gasteiger partial charge in [-0.2, -0.15) is 5.10 Å². The molecule has 1 amide bonds. The number of ether oxygens (including phenoxy) is 1. The van der Waals surface area contributed by atoms with Crippen LogP contribution in [0.15, 0.2) is 97.1 Å². The van der Waals surface area contributed by atoms with Gasteiger partial charge in [0.25, 0.3) is 5.91 Å². The van der Waals surface area contributed by atoms with E-state index in [1.54, 1.807) is 17.7 Å². The molecule has 3 aromatic carbocycles. The highest BCUT2D eigenvalue weighted by Gasteiger charge is 2.19. The second-order valence-electron chi connectivity index (χ2n) is 8.03. The number of fused-ring (bicyclic) bond motifs is 1. The number of rotatable bonds is 6. The molecule has 0 fully saturated rings. The Labute approximate surface area is 197 Å². The number of amides is 1. The predicted molar refractivity (Wildman–Crippen MR) is 133 cm³/mol. The molecule has 5 rings (SSSR count). The monoisotopic (exact) mass is 448 g/mol. The Kier molecular flexibility index (Phi) is 5.79. The SMILES string of the molecule is COc1cccc(-c2cc(C(=O)N[C@H](C)c3ccccc3)n3nc(-c4ccccc4)cc3n2)c1. The van der Waals surface area contributed by atoms with Gasteiger partial charge >= 0.3 is 0 Å². The summed E-state index contributed by atoms with van der Waals surface area (Å²) >= 11 is 0. The van der Waals surface area contributed by atoms with Gasteiger partial charge in [-0.15, -0.1) is 0 Å². The molecular formula is C28H24N4O2. The Bertz CT molecular complexity index is 1450. The van der Waals surface area contributed by atoms with Gasteiger partial charge in [0, 0.05) is 17.2 Å². The van der Waals surface area contributed by atoms with Crippen molar-refractivity contribution in [2.45, 2.75) is 13.0 Å². The van der Waals surface area contributed by atoms with Crippen molar-refractivity contribution >= 4 is 11.6 Å². The second-order valence-corrected chi connectivity index (χ2v) is 8.03. The first kappa shape index (κ1) is 21.4. The van der Waals surface area contributed by atoms with Crippen LogP contribution in [0.2, 0.25) is 0 Å². The number of nitrogens with zero attached hydrogens (tertiary/aromatic N) is 3. The van der Waals surface area contributed by atoms with Crippen molar-refractivity contribution in [1.82, 2.24) is 19.9 Å². The van der Waals surface area contributed by atoms with E-state index in [1.165, 1.54) is 0 Å². The number of hydrogen-bond acceptors (Lipinski definition) is 4. The molecule has 0 bridgehead atoms. The van der Waals surface area contributed by atoms with E-state index in [4.69, 9.17) is 14.8 Å². The maximum atomic E-state index is 13.5. The lowest BCUT2D eigenvalue weighted by atomic mass is 10.1. The summed E-state index contributed by atoms with van der Waals surface area (Å²) in [6.45, 7) is 1.97. The number of aromatic nitrogens is 3. The first-order chi connectivity index (χ1) is 16.6. The molecule has 0 unspecified atom stereocenters. The van der Waals surface area contributed by atoms with Gasteiger partial charge < -0.3 is 10.1 Å². The van der Waals surface area contributed by atoms with Crippen molar-refractivity contribution in [1.29, 1.82) is 0 Å². The van der Waals surface area contributed by atoms with E-state index >= 15 is 0 Å². The molecule has 1 atom stereocenters. The summed E-state index contributed by atoms with van der Waals surface area (Å²) < 4.78 is 6.99. The van der Waals surface area contributed by atoms with Crippen LogP contribution in [0.4, 0.5) is 0 Å². The van der Waals surface area contributed by atoms with Crippen LogP contribution in [0.5, 0.6) is 5.75 Å². The van der Waals surface area contributed by atoms with Crippen LogP contribution in [-0.2, 0) is 0 Å². The first-order valence-electron chi connectivity index (χ1n) is 11.1. The number of methoxy groups -OCH3 is 1. The van der Waals surface area contributed by atoms with E-state index in [0.717, 1.165) is 28.1 Å². The number of hydrogen-bond donors (Lipinski definition) is 1. The van der Waals surface area contributed by atoms with Crippen molar-refractivity contribution in [3.05, 3.63) is 108 Å². The minimum atomic E-state index is -0.226. The molecule has 0 saturated heterocycles. The fourth-order valence-corrected chi connectivity index (χ4v) is 3.91. The summed E-state index contributed by atoms with van der Waals surface area (Å²) in [5, 5.41) is 7.82. The third kappa shape index (κ3) is 4.26. The van der Waals surface area contributed by atoms with E-state index in [9.17, 15) is 4.79 Å². The smallest absolute Gasteiger partial charge is 0.270 e. The molecule has 0 aliphatic rings. The van der Waals surface area contributed by atoms with Gasteiger partial charge in [-0.25, -0.2) is 9.50 Å². The third-order valence-corrected chi connectivity index (χ3v) is 5.74. The van der Waals surface area contributed by atoms with Crippen LogP contribution in [0, 0.1) is 0 Å². The zero-order valence-corrected chi connectivity index (χ0v) is 19.0. The average Bonchev–Trinajstić information content (AvgIpc) is 3.33. The van der Waals surface area contributed by atoms with E-state index in [-0.39, 0.29) is 11.9 Å². The molecule has 168 valence electrons. The van der Waals surface area contributed by atoms with Crippen LogP contribution >= 0.6 is 0 Å². The van der Waals surface area contributed by atoms with Crippen LogP contribution < -0.4 is 10.1 Å². The Hall–Kier alpha value is -4.45. The summed E-state index contributed by atoms with van der Waals surface area (Å²) in [4.78, 5) is 18.3. The molecule has 1 N–H and O–H groups in total. The number of carbonyl (C=O) groups is 1. The van der Waals surface area contributed by atoms with E-state index < -0.39 is 0 Å². The van der Waals surface area contributed by atoms with Crippen LogP contribution in [0.3, 0.4) is 0 Å². The molecule has 5 aromatic rings. The third-order valence-electron chi connectivity index (χ3n) is 5.74. The highest BCUT2D eigenvalue weighted by Crippen LogP contribution is 2.26. The van der Waals surface area contributed by atoms with Crippen LogP contribution in [0.25, 0.3) is 28.2 Å². The molecule has 6 heteroatoms. The Morgan fingerprint density at radius 2 is 1.56 bits per heavy atom. The second kappa shape index (κ2) is 9.19. The van der Waals surface area contributed by atoms with Crippen molar-refractivity contribution in [2.24, 2.45) is 0 Å². The van der Waals surface area contributed by atoms with Crippen LogP contribution in [0.1, 0.15) is 29.0 Å². The van der Waals surface area contributed by atoms with Gasteiger partial charge in [0.2, 0.25) is 0 Å². The Morgan fingerprint density at radius 3 is 2.29 bits per heavy atom. The summed E-state index contributed by atoms with van der Waals surface area (Å²) in [5.74, 6) is 0.497. The molecule has 2 aromatic heterocycles. The van der Waals surface area contributed by atoms with Crippen molar-refractivity contribution in [3.63, 3.8) is 0 Å². The molecule has 0 aliphatic carbocycles. The fraction of sp³-hybridized carbons (Fsp3) is 0.107. The van der Waals surface area contributed by atoms with Gasteiger partial charge in [-0.3, -0.25) is 4.79 Å². The van der Waals surface area contributed by atoms with Gasteiger partial charge in [0.1, 0.15) is 11.4 Å². The molecule has 0 spiro atoms. The van der Waals surface area contributed by atoms with Crippen LogP contribution in [-0.4, -0.2) is 27.6 Å². The predicted octanol–water partition coefficient (Wildman–Crippen LogP) is 5.56. The lowest BCUT2D eigenvalue weighted by Gasteiger charge is -2.15. The molecule has 0 radical (unpaired) electrons. The number of carbonyl (C=O) groups excluding carboxylic acids is 1. The molecule has 2 heterocycles. The number of nitrogens with one attached hydrogen (secondary N) is 1. The highest BCUT2D eigenvalue weighted by atomic mass is 16.5. The number of benzene rings is 3. The zero-order chi connectivity index (χ0) is 23.5. The van der Waals surface area contributed by atoms with Gasteiger partial charge in [0.15, 0.2) is 5.65 Å². The minimum absolute atomic E-state index is 0.165. The topological polar surface area (TPSA) is 68.5 Å². The summed E-state index contributed by atoms with van der Waals surface area (Å²) in [5.41, 5.74) is 5.27. The minimum Gasteiger partial charge on any atom is -0.497 e. The molecule has 0 saturated carbocycles. The van der Waals surface area contributed by atoms with Gasteiger partial charge in [0.05, 0.1) is 24.5 Å². The quantitative estimate of drug-likeness (QED) is 0.369. The Balaban J connectivity index is 1.61. The van der Waals surface area contributed by atoms with Crippen molar-refractivity contribution < 1.29 is 9.53 Å². The largest absolute Gasteiger partial charge is 0.497 e. The standard InChI is InChI=1S/C28H24N4O2/c1-19(20-10-5-3-6-11-20)29-28(33)26-17-24(22-14-9-15-23(16-22)34-2)30-27-18-25(31-32(26)27)21-12-7-4-8-13-21/h3-19H,1-2H3,(H,29,33)/t19-/m1/s1. The average molecular weight is 449 g/mol. The fourth-order valence-electron chi connectivity index (χ4n) is 3.91.